The highest BCUT2D eigenvalue weighted by Crippen LogP contribution is 2.32. The lowest BCUT2D eigenvalue weighted by atomic mass is 10.2. The smallest absolute Gasteiger partial charge is 0.216 e. The molecule has 0 radical (unpaired) electrons. The molecule has 5 heteroatoms. The molecular weight excluding hydrogens is 262 g/mol. The number of nitrogens with zero attached hydrogens (tertiary/aromatic N) is 1. The molecule has 0 bridgehead atoms. The van der Waals surface area contributed by atoms with Crippen LogP contribution in [0.5, 0.6) is 5.75 Å². The number of hydrogen-bond donors (Lipinski definition) is 0. The molecule has 0 atom stereocenters. The van der Waals surface area contributed by atoms with Gasteiger partial charge in [0.1, 0.15) is 5.75 Å². The first-order chi connectivity index (χ1) is 8.95. The van der Waals surface area contributed by atoms with Gasteiger partial charge in [-0.05, 0) is 44.4 Å². The topological polar surface area (TPSA) is 46.6 Å². The van der Waals surface area contributed by atoms with Gasteiger partial charge in [0.2, 0.25) is 10.0 Å². The van der Waals surface area contributed by atoms with Crippen LogP contribution in [0.15, 0.2) is 24.3 Å². The zero-order valence-corrected chi connectivity index (χ0v) is 12.5. The molecule has 0 N–H and O–H groups in total. The van der Waals surface area contributed by atoms with Crippen LogP contribution in [0.3, 0.4) is 0 Å². The van der Waals surface area contributed by atoms with Crippen molar-refractivity contribution in [2.75, 3.05) is 7.11 Å². The Morgan fingerprint density at radius 3 is 2.26 bits per heavy atom. The van der Waals surface area contributed by atoms with Gasteiger partial charge in [0.05, 0.1) is 12.4 Å². The first-order valence-electron chi connectivity index (χ1n) is 6.58. The van der Waals surface area contributed by atoms with E-state index in [0.717, 1.165) is 24.2 Å². The Kier molecular flexibility index (Phi) is 4.16. The normalized spacial score (nSPS) is 16.1. The van der Waals surface area contributed by atoms with Gasteiger partial charge in [0.15, 0.2) is 0 Å². The van der Waals surface area contributed by atoms with Crippen molar-refractivity contribution in [3.63, 3.8) is 0 Å². The minimum atomic E-state index is -3.19. The Labute approximate surface area is 115 Å². The third kappa shape index (κ3) is 3.28. The number of methoxy groups -OCH3 is 1. The van der Waals surface area contributed by atoms with Gasteiger partial charge in [-0.2, -0.15) is 4.31 Å². The van der Waals surface area contributed by atoms with Gasteiger partial charge >= 0.3 is 0 Å². The molecule has 106 valence electrons. The molecule has 0 spiro atoms. The van der Waals surface area contributed by atoms with Crippen LogP contribution in [0, 0.1) is 0 Å². The van der Waals surface area contributed by atoms with Gasteiger partial charge in [-0.15, -0.1) is 0 Å². The van der Waals surface area contributed by atoms with Gasteiger partial charge in [-0.3, -0.25) is 0 Å². The van der Waals surface area contributed by atoms with Gasteiger partial charge < -0.3 is 4.74 Å². The summed E-state index contributed by atoms with van der Waals surface area (Å²) in [5.74, 6) is 0.786. The second-order valence-corrected chi connectivity index (χ2v) is 7.66. The summed E-state index contributed by atoms with van der Waals surface area (Å²) in [4.78, 5) is 0. The maximum atomic E-state index is 12.3. The van der Waals surface area contributed by atoms with Crippen LogP contribution in [-0.2, 0) is 16.6 Å². The molecule has 1 aromatic rings. The van der Waals surface area contributed by atoms with Crippen molar-refractivity contribution in [2.24, 2.45) is 0 Å². The second kappa shape index (κ2) is 5.51. The number of sulfonamides is 1. The Morgan fingerprint density at radius 2 is 1.84 bits per heavy atom. The zero-order chi connectivity index (χ0) is 14.0. The molecular formula is C14H21NO3S. The highest BCUT2D eigenvalue weighted by molar-refractivity contribution is 7.89. The average molecular weight is 283 g/mol. The third-order valence-electron chi connectivity index (χ3n) is 3.37. The van der Waals surface area contributed by atoms with E-state index in [-0.39, 0.29) is 11.3 Å². The minimum absolute atomic E-state index is 0.189. The van der Waals surface area contributed by atoms with Crippen LogP contribution in [0.2, 0.25) is 0 Å². The van der Waals surface area contributed by atoms with Gasteiger partial charge in [-0.1, -0.05) is 12.1 Å². The second-order valence-electron chi connectivity index (χ2n) is 5.22. The molecule has 19 heavy (non-hydrogen) atoms. The van der Waals surface area contributed by atoms with E-state index in [2.05, 4.69) is 0 Å². The fourth-order valence-corrected chi connectivity index (χ4v) is 3.47. The van der Waals surface area contributed by atoms with E-state index in [0.29, 0.717) is 6.54 Å². The molecule has 1 saturated carbocycles. The van der Waals surface area contributed by atoms with Crippen molar-refractivity contribution in [2.45, 2.75) is 44.5 Å². The fourth-order valence-electron chi connectivity index (χ4n) is 1.97. The summed E-state index contributed by atoms with van der Waals surface area (Å²) < 4.78 is 31.4. The van der Waals surface area contributed by atoms with Crippen LogP contribution < -0.4 is 4.74 Å². The van der Waals surface area contributed by atoms with Gasteiger partial charge in [-0.25, -0.2) is 8.42 Å². The van der Waals surface area contributed by atoms with E-state index in [9.17, 15) is 8.42 Å². The molecule has 0 saturated heterocycles. The predicted molar refractivity (Wildman–Crippen MR) is 75.6 cm³/mol. The van der Waals surface area contributed by atoms with Gasteiger partial charge in [0.25, 0.3) is 0 Å². The summed E-state index contributed by atoms with van der Waals surface area (Å²) in [6, 6.07) is 7.76. The largest absolute Gasteiger partial charge is 0.497 e. The maximum absolute atomic E-state index is 12.3. The summed E-state index contributed by atoms with van der Waals surface area (Å²) in [6.45, 7) is 3.92. The minimum Gasteiger partial charge on any atom is -0.497 e. The van der Waals surface area contributed by atoms with Crippen LogP contribution in [0.1, 0.15) is 32.3 Å². The Hall–Kier alpha value is -1.07. The quantitative estimate of drug-likeness (QED) is 0.805. The van der Waals surface area contributed by atoms with Crippen molar-refractivity contribution < 1.29 is 13.2 Å². The van der Waals surface area contributed by atoms with Crippen LogP contribution in [0.25, 0.3) is 0 Å². The van der Waals surface area contributed by atoms with E-state index >= 15 is 0 Å². The number of hydrogen-bond acceptors (Lipinski definition) is 3. The van der Waals surface area contributed by atoms with E-state index in [1.165, 1.54) is 0 Å². The average Bonchev–Trinajstić information content (AvgIpc) is 3.20. The molecule has 1 aliphatic rings. The maximum Gasteiger partial charge on any atom is 0.216 e. The number of benzene rings is 1. The molecule has 1 aliphatic carbocycles. The molecule has 2 rings (SSSR count). The summed E-state index contributed by atoms with van der Waals surface area (Å²) in [5.41, 5.74) is 0.997. The van der Waals surface area contributed by atoms with Gasteiger partial charge in [0, 0.05) is 12.6 Å². The molecule has 0 heterocycles. The van der Waals surface area contributed by atoms with E-state index in [1.54, 1.807) is 25.3 Å². The Balaban J connectivity index is 2.17. The van der Waals surface area contributed by atoms with Crippen molar-refractivity contribution >= 4 is 10.0 Å². The van der Waals surface area contributed by atoms with Crippen LogP contribution in [0.4, 0.5) is 0 Å². The third-order valence-corrected chi connectivity index (χ3v) is 5.65. The molecule has 0 aliphatic heterocycles. The number of rotatable bonds is 6. The van der Waals surface area contributed by atoms with Crippen molar-refractivity contribution in [3.05, 3.63) is 29.8 Å². The first-order valence-corrected chi connectivity index (χ1v) is 8.09. The Morgan fingerprint density at radius 1 is 1.26 bits per heavy atom. The lowest BCUT2D eigenvalue weighted by Crippen LogP contribution is -2.37. The fraction of sp³-hybridized carbons (Fsp3) is 0.571. The summed E-state index contributed by atoms with van der Waals surface area (Å²) in [7, 11) is -1.57. The standard InChI is InChI=1S/C14H21NO3S/c1-11(2)19(16,17)15(13-6-7-13)10-12-4-8-14(18-3)9-5-12/h4-5,8-9,11,13H,6-7,10H2,1-3H3. The monoisotopic (exact) mass is 283 g/mol. The highest BCUT2D eigenvalue weighted by atomic mass is 32.2. The van der Waals surface area contributed by atoms with Crippen molar-refractivity contribution in [1.82, 2.24) is 4.31 Å². The summed E-state index contributed by atoms with van der Waals surface area (Å²) in [6.07, 6.45) is 1.95. The highest BCUT2D eigenvalue weighted by Gasteiger charge is 2.38. The lowest BCUT2D eigenvalue weighted by Gasteiger charge is -2.24. The zero-order valence-electron chi connectivity index (χ0n) is 11.7. The van der Waals surface area contributed by atoms with Crippen molar-refractivity contribution in [1.29, 1.82) is 0 Å². The molecule has 0 unspecified atom stereocenters. The summed E-state index contributed by atoms with van der Waals surface area (Å²) in [5, 5.41) is -0.369. The lowest BCUT2D eigenvalue weighted by molar-refractivity contribution is 0.392. The van der Waals surface area contributed by atoms with Crippen LogP contribution in [-0.4, -0.2) is 31.1 Å². The van der Waals surface area contributed by atoms with E-state index in [4.69, 9.17) is 4.74 Å². The SMILES string of the molecule is COc1ccc(CN(C2CC2)S(=O)(=O)C(C)C)cc1. The van der Waals surface area contributed by atoms with E-state index < -0.39 is 10.0 Å². The number of ether oxygens (including phenoxy) is 1. The predicted octanol–water partition coefficient (Wildman–Crippen LogP) is 2.40. The van der Waals surface area contributed by atoms with Crippen molar-refractivity contribution in [3.8, 4) is 5.75 Å². The van der Waals surface area contributed by atoms with E-state index in [1.807, 2.05) is 24.3 Å². The van der Waals surface area contributed by atoms with Crippen LogP contribution >= 0.6 is 0 Å². The Bertz CT molecular complexity index is 518. The molecule has 0 aromatic heterocycles. The molecule has 4 nitrogen and oxygen atoms in total. The first kappa shape index (κ1) is 14.3. The summed E-state index contributed by atoms with van der Waals surface area (Å²) >= 11 is 0. The molecule has 1 fully saturated rings. The molecule has 1 aromatic carbocycles. The molecule has 0 amide bonds.